The van der Waals surface area contributed by atoms with E-state index in [1.165, 1.54) is 0 Å². The Morgan fingerprint density at radius 3 is 2.41 bits per heavy atom. The summed E-state index contributed by atoms with van der Waals surface area (Å²) in [6.45, 7) is 10.6. The van der Waals surface area contributed by atoms with E-state index < -0.39 is 29.7 Å². The van der Waals surface area contributed by atoms with E-state index in [9.17, 15) is 28.8 Å². The van der Waals surface area contributed by atoms with Crippen molar-refractivity contribution in [1.82, 2.24) is 45.6 Å². The van der Waals surface area contributed by atoms with Crippen molar-refractivity contribution < 1.29 is 43.0 Å². The van der Waals surface area contributed by atoms with Gasteiger partial charge in [0.2, 0.25) is 17.7 Å². The highest BCUT2D eigenvalue weighted by molar-refractivity contribution is 6.25. The van der Waals surface area contributed by atoms with Gasteiger partial charge in [-0.05, 0) is 57.5 Å². The number of aromatic nitrogens is 5. The van der Waals surface area contributed by atoms with Crippen LogP contribution in [0, 0.1) is 0 Å². The molecule has 0 radical (unpaired) electrons. The largest absolute Gasteiger partial charge is 0.382 e. The van der Waals surface area contributed by atoms with Crippen LogP contribution in [-0.4, -0.2) is 143 Å². The average molecular weight is 909 g/mol. The molecule has 4 aromatic rings. The molecule has 21 nitrogen and oxygen atoms in total. The van der Waals surface area contributed by atoms with Crippen molar-refractivity contribution in [3.05, 3.63) is 76.7 Å². The number of nitrogens with one attached hydrogen (secondary N) is 4. The number of pyridine rings is 2. The van der Waals surface area contributed by atoms with Crippen LogP contribution in [0.4, 0.5) is 17.3 Å². The Kier molecular flexibility index (Phi) is 15.8. The molecule has 3 aliphatic heterocycles. The molecule has 1 fully saturated rings. The van der Waals surface area contributed by atoms with Gasteiger partial charge in [0, 0.05) is 69.9 Å². The molecule has 4 N–H and O–H groups in total. The number of carbonyl (C=O) groups is 6. The zero-order valence-electron chi connectivity index (χ0n) is 37.6. The van der Waals surface area contributed by atoms with E-state index in [0.29, 0.717) is 107 Å². The molecule has 0 aliphatic carbocycles. The third-order valence-corrected chi connectivity index (χ3v) is 11.5. The minimum atomic E-state index is -1.03. The van der Waals surface area contributed by atoms with Gasteiger partial charge in [-0.25, -0.2) is 9.97 Å². The van der Waals surface area contributed by atoms with Gasteiger partial charge >= 0.3 is 0 Å². The van der Waals surface area contributed by atoms with Gasteiger partial charge in [-0.15, -0.1) is 10.2 Å². The quantitative estimate of drug-likeness (QED) is 0.0580. The summed E-state index contributed by atoms with van der Waals surface area (Å²) in [7, 11) is 1.95. The fourth-order valence-corrected chi connectivity index (χ4v) is 7.72. The minimum absolute atomic E-state index is 0.0497. The van der Waals surface area contributed by atoms with Crippen LogP contribution in [0.15, 0.2) is 48.8 Å². The second-order valence-corrected chi connectivity index (χ2v) is 16.1. The Morgan fingerprint density at radius 2 is 1.65 bits per heavy atom. The van der Waals surface area contributed by atoms with Gasteiger partial charge in [-0.1, -0.05) is 12.1 Å². The predicted octanol–water partition coefficient (Wildman–Crippen LogP) is 1.92. The number of ether oxygens (including phenoxy) is 3. The van der Waals surface area contributed by atoms with E-state index in [2.05, 4.69) is 45.3 Å². The molecule has 0 spiro atoms. The lowest BCUT2D eigenvalue weighted by atomic mass is 10.0. The Bertz CT molecular complexity index is 2440. The summed E-state index contributed by atoms with van der Waals surface area (Å²) in [5.74, 6) is -0.683. The molecule has 3 aromatic heterocycles. The molecule has 0 bridgehead atoms. The fourth-order valence-electron chi connectivity index (χ4n) is 7.72. The molecule has 3 aliphatic rings. The zero-order valence-corrected chi connectivity index (χ0v) is 37.6. The van der Waals surface area contributed by atoms with Crippen molar-refractivity contribution in [3.63, 3.8) is 0 Å². The van der Waals surface area contributed by atoms with E-state index in [1.807, 2.05) is 47.7 Å². The standard InChI is InChI=1S/C45H56N12O9/c1-5-55-27-49-53-41(55)33-10-7-11-36(50-33)56-26-31-30(43(56)61)24-37(54(4)28(2)3)51-34(31)25-46-15-16-48-38(58)14-18-64-20-22-66-23-21-65-19-17-47-32-9-6-8-29-40(32)45(63)57(44(29)62)35-12-13-39(59)52-42(35)60/h6-11,24,27-28,35,46-47H,5,12-23,25-26H2,1-4H3,(H,48,58)(H,52,59,60). The van der Waals surface area contributed by atoms with E-state index in [-0.39, 0.29) is 54.9 Å². The summed E-state index contributed by atoms with van der Waals surface area (Å²) in [4.78, 5) is 91.0. The topological polar surface area (TPSA) is 244 Å². The number of fused-ring (bicyclic) bond motifs is 2. The third kappa shape index (κ3) is 10.9. The third-order valence-electron chi connectivity index (χ3n) is 11.5. The van der Waals surface area contributed by atoms with Crippen LogP contribution < -0.4 is 31.1 Å². The van der Waals surface area contributed by atoms with Crippen molar-refractivity contribution >= 4 is 52.8 Å². The highest BCUT2D eigenvalue weighted by atomic mass is 16.5. The zero-order chi connectivity index (χ0) is 46.7. The number of imide groups is 2. The van der Waals surface area contributed by atoms with Crippen LogP contribution in [0.2, 0.25) is 0 Å². The highest BCUT2D eigenvalue weighted by Gasteiger charge is 2.45. The van der Waals surface area contributed by atoms with E-state index in [0.717, 1.165) is 16.2 Å². The molecule has 1 unspecified atom stereocenters. The van der Waals surface area contributed by atoms with Gasteiger partial charge in [0.05, 0.1) is 68.6 Å². The molecular weight excluding hydrogens is 853 g/mol. The molecule has 7 rings (SSSR count). The fraction of sp³-hybridized carbons (Fsp3) is 0.467. The number of anilines is 3. The highest BCUT2D eigenvalue weighted by Crippen LogP contribution is 2.34. The molecule has 21 heteroatoms. The van der Waals surface area contributed by atoms with Gasteiger partial charge in [0.25, 0.3) is 17.7 Å². The molecule has 6 amide bonds. The lowest BCUT2D eigenvalue weighted by Gasteiger charge is -2.27. The minimum Gasteiger partial charge on any atom is -0.382 e. The van der Waals surface area contributed by atoms with Crippen LogP contribution in [0.1, 0.15) is 82.4 Å². The van der Waals surface area contributed by atoms with Crippen molar-refractivity contribution in [2.24, 2.45) is 0 Å². The Hall–Kier alpha value is -6.68. The van der Waals surface area contributed by atoms with E-state index in [1.54, 1.807) is 29.4 Å². The Labute approximate surface area is 381 Å². The number of hydrogen-bond acceptors (Lipinski definition) is 16. The summed E-state index contributed by atoms with van der Waals surface area (Å²) in [6, 6.07) is 11.4. The van der Waals surface area contributed by atoms with Gasteiger partial charge < -0.3 is 39.6 Å². The van der Waals surface area contributed by atoms with E-state index >= 15 is 0 Å². The number of carbonyl (C=O) groups excluding carboxylic acids is 6. The van der Waals surface area contributed by atoms with Crippen molar-refractivity contribution in [2.45, 2.75) is 71.8 Å². The molecule has 350 valence electrons. The van der Waals surface area contributed by atoms with Crippen molar-refractivity contribution in [3.8, 4) is 11.5 Å². The summed E-state index contributed by atoms with van der Waals surface area (Å²) in [6.07, 6.45) is 1.98. The maximum absolute atomic E-state index is 13.9. The maximum atomic E-state index is 13.9. The monoisotopic (exact) mass is 908 g/mol. The molecule has 0 saturated carbocycles. The number of piperidine rings is 1. The van der Waals surface area contributed by atoms with Crippen LogP contribution in [0.5, 0.6) is 0 Å². The predicted molar refractivity (Wildman–Crippen MR) is 241 cm³/mol. The molecule has 6 heterocycles. The van der Waals surface area contributed by atoms with Gasteiger partial charge in [-0.2, -0.15) is 0 Å². The smallest absolute Gasteiger partial charge is 0.264 e. The molecular formula is C45H56N12O9. The molecule has 1 atom stereocenters. The summed E-state index contributed by atoms with van der Waals surface area (Å²) >= 11 is 0. The van der Waals surface area contributed by atoms with Crippen LogP contribution in [-0.2, 0) is 48.2 Å². The van der Waals surface area contributed by atoms with Crippen molar-refractivity contribution in [2.75, 3.05) is 81.4 Å². The number of hydrogen-bond donors (Lipinski definition) is 4. The lowest BCUT2D eigenvalue weighted by Crippen LogP contribution is -2.54. The van der Waals surface area contributed by atoms with Crippen molar-refractivity contribution in [1.29, 1.82) is 0 Å². The normalized spacial score (nSPS) is 15.7. The lowest BCUT2D eigenvalue weighted by molar-refractivity contribution is -0.136. The molecule has 1 aromatic carbocycles. The summed E-state index contributed by atoms with van der Waals surface area (Å²) < 4.78 is 18.7. The second-order valence-electron chi connectivity index (χ2n) is 16.1. The summed E-state index contributed by atoms with van der Waals surface area (Å²) in [5.41, 5.74) is 3.64. The molecule has 66 heavy (non-hydrogen) atoms. The van der Waals surface area contributed by atoms with Crippen LogP contribution in [0.3, 0.4) is 0 Å². The number of benzene rings is 1. The first-order valence-corrected chi connectivity index (χ1v) is 22.2. The first kappa shape index (κ1) is 47.3. The second kappa shape index (κ2) is 22.0. The van der Waals surface area contributed by atoms with E-state index in [4.69, 9.17) is 24.2 Å². The van der Waals surface area contributed by atoms with Gasteiger partial charge in [-0.3, -0.25) is 43.9 Å². The summed E-state index contributed by atoms with van der Waals surface area (Å²) in [5, 5.41) is 19.9. The SMILES string of the molecule is CCn1cnnc1-c1cccc(N2Cc3c(cc(N(C)C(C)C)nc3CNCCNC(=O)CCOCCOCCOCCNc3cccc4c3C(=O)N(C3CCC(=O)NC3=O)C4=O)C2=O)n1. The number of nitrogens with zero attached hydrogens (tertiary/aromatic N) is 8. The number of rotatable bonds is 24. The van der Waals surface area contributed by atoms with Gasteiger partial charge in [0.1, 0.15) is 29.7 Å². The van der Waals surface area contributed by atoms with Crippen LogP contribution >= 0.6 is 0 Å². The first-order chi connectivity index (χ1) is 32.0. The van der Waals surface area contributed by atoms with Gasteiger partial charge in [0.15, 0.2) is 5.82 Å². The molecule has 1 saturated heterocycles. The Balaban J connectivity index is 0.759. The number of amides is 6. The number of aryl methyl sites for hydroxylation is 1. The maximum Gasteiger partial charge on any atom is 0.264 e. The van der Waals surface area contributed by atoms with Crippen LogP contribution in [0.25, 0.3) is 11.5 Å². The first-order valence-electron chi connectivity index (χ1n) is 22.2. The Morgan fingerprint density at radius 1 is 0.894 bits per heavy atom. The average Bonchev–Trinajstić information content (AvgIpc) is 4.00.